The first kappa shape index (κ1) is 15.8. The highest BCUT2D eigenvalue weighted by atomic mass is 16.5. The Morgan fingerprint density at radius 1 is 1.05 bits per heavy atom. The molecule has 1 amide bonds. The Morgan fingerprint density at radius 2 is 1.82 bits per heavy atom. The highest BCUT2D eigenvalue weighted by Crippen LogP contribution is 2.25. The normalized spacial score (nSPS) is 10.4. The van der Waals surface area contributed by atoms with Crippen LogP contribution in [-0.2, 0) is 9.59 Å². The molecule has 0 spiro atoms. The lowest BCUT2D eigenvalue weighted by Crippen LogP contribution is -2.26. The SMILES string of the molecule is O=C(O)CCNC(=O)CCCOc1cccc2ccccc12. The molecule has 0 saturated heterocycles. The van der Waals surface area contributed by atoms with Crippen LogP contribution >= 0.6 is 0 Å². The maximum atomic E-state index is 11.5. The third-order valence-electron chi connectivity index (χ3n) is 3.22. The lowest BCUT2D eigenvalue weighted by Gasteiger charge is -2.09. The smallest absolute Gasteiger partial charge is 0.305 e. The van der Waals surface area contributed by atoms with Crippen molar-refractivity contribution < 1.29 is 19.4 Å². The van der Waals surface area contributed by atoms with Crippen molar-refractivity contribution in [3.05, 3.63) is 42.5 Å². The van der Waals surface area contributed by atoms with Crippen LogP contribution in [0.15, 0.2) is 42.5 Å². The topological polar surface area (TPSA) is 75.6 Å². The Hall–Kier alpha value is -2.56. The minimum Gasteiger partial charge on any atom is -0.493 e. The number of rotatable bonds is 8. The van der Waals surface area contributed by atoms with Gasteiger partial charge in [-0.15, -0.1) is 0 Å². The Morgan fingerprint density at radius 3 is 2.64 bits per heavy atom. The first-order chi connectivity index (χ1) is 10.7. The summed E-state index contributed by atoms with van der Waals surface area (Å²) in [4.78, 5) is 21.8. The van der Waals surface area contributed by atoms with Gasteiger partial charge in [0.25, 0.3) is 0 Å². The fourth-order valence-electron chi connectivity index (χ4n) is 2.13. The van der Waals surface area contributed by atoms with Crippen LogP contribution in [-0.4, -0.2) is 30.1 Å². The van der Waals surface area contributed by atoms with Crippen LogP contribution in [0.5, 0.6) is 5.75 Å². The number of carboxylic acids is 1. The van der Waals surface area contributed by atoms with Gasteiger partial charge >= 0.3 is 5.97 Å². The van der Waals surface area contributed by atoms with E-state index in [-0.39, 0.29) is 18.9 Å². The van der Waals surface area contributed by atoms with Gasteiger partial charge in [0.15, 0.2) is 0 Å². The van der Waals surface area contributed by atoms with Gasteiger partial charge in [0, 0.05) is 18.4 Å². The maximum Gasteiger partial charge on any atom is 0.305 e. The summed E-state index contributed by atoms with van der Waals surface area (Å²) in [5.41, 5.74) is 0. The second-order valence-corrected chi connectivity index (χ2v) is 4.92. The predicted molar refractivity (Wildman–Crippen MR) is 83.9 cm³/mol. The Kier molecular flexibility index (Phi) is 5.77. The van der Waals surface area contributed by atoms with E-state index in [2.05, 4.69) is 5.32 Å². The van der Waals surface area contributed by atoms with Crippen LogP contribution in [0.1, 0.15) is 19.3 Å². The number of nitrogens with one attached hydrogen (secondary N) is 1. The van der Waals surface area contributed by atoms with E-state index in [9.17, 15) is 9.59 Å². The molecule has 116 valence electrons. The summed E-state index contributed by atoms with van der Waals surface area (Å²) in [6, 6.07) is 13.9. The van der Waals surface area contributed by atoms with Gasteiger partial charge in [0.2, 0.25) is 5.91 Å². The summed E-state index contributed by atoms with van der Waals surface area (Å²) in [5.74, 6) is -0.258. The summed E-state index contributed by atoms with van der Waals surface area (Å²) in [6.07, 6.45) is 0.852. The molecule has 0 bridgehead atoms. The van der Waals surface area contributed by atoms with Crippen molar-refractivity contribution in [3.8, 4) is 5.75 Å². The third kappa shape index (κ3) is 4.77. The molecule has 0 radical (unpaired) electrons. The molecule has 0 aliphatic rings. The Labute approximate surface area is 128 Å². The Balaban J connectivity index is 1.74. The van der Waals surface area contributed by atoms with E-state index in [4.69, 9.17) is 9.84 Å². The fraction of sp³-hybridized carbons (Fsp3) is 0.294. The first-order valence-electron chi connectivity index (χ1n) is 7.26. The van der Waals surface area contributed by atoms with E-state index in [1.165, 1.54) is 0 Å². The molecule has 2 N–H and O–H groups in total. The average Bonchev–Trinajstić information content (AvgIpc) is 2.51. The molecule has 0 aromatic heterocycles. The van der Waals surface area contributed by atoms with Gasteiger partial charge in [-0.25, -0.2) is 0 Å². The Bertz CT molecular complexity index is 649. The number of amides is 1. The highest BCUT2D eigenvalue weighted by molar-refractivity contribution is 5.88. The van der Waals surface area contributed by atoms with Gasteiger partial charge < -0.3 is 15.2 Å². The van der Waals surface area contributed by atoms with Crippen molar-refractivity contribution in [1.82, 2.24) is 5.32 Å². The summed E-state index contributed by atoms with van der Waals surface area (Å²) >= 11 is 0. The van der Waals surface area contributed by atoms with Crippen LogP contribution in [0, 0.1) is 0 Å². The molecule has 2 aromatic carbocycles. The number of hydrogen-bond acceptors (Lipinski definition) is 3. The lowest BCUT2D eigenvalue weighted by atomic mass is 10.1. The quantitative estimate of drug-likeness (QED) is 0.735. The van der Waals surface area contributed by atoms with E-state index in [0.29, 0.717) is 19.4 Å². The molecule has 0 aliphatic carbocycles. The number of hydrogen-bond donors (Lipinski definition) is 2. The number of carbonyl (C=O) groups excluding carboxylic acids is 1. The van der Waals surface area contributed by atoms with E-state index >= 15 is 0 Å². The summed E-state index contributed by atoms with van der Waals surface area (Å²) < 4.78 is 5.74. The molecule has 0 atom stereocenters. The zero-order valence-corrected chi connectivity index (χ0v) is 12.2. The van der Waals surface area contributed by atoms with Crippen LogP contribution in [0.3, 0.4) is 0 Å². The van der Waals surface area contributed by atoms with Gasteiger partial charge in [-0.2, -0.15) is 0 Å². The molecule has 0 saturated carbocycles. The molecule has 0 fully saturated rings. The van der Waals surface area contributed by atoms with Crippen LogP contribution in [0.4, 0.5) is 0 Å². The van der Waals surface area contributed by atoms with Crippen LogP contribution in [0.25, 0.3) is 10.8 Å². The van der Waals surface area contributed by atoms with Gasteiger partial charge in [0.05, 0.1) is 13.0 Å². The van der Waals surface area contributed by atoms with Crippen molar-refractivity contribution >= 4 is 22.6 Å². The van der Waals surface area contributed by atoms with Crippen molar-refractivity contribution in [3.63, 3.8) is 0 Å². The number of fused-ring (bicyclic) bond motifs is 1. The van der Waals surface area contributed by atoms with Gasteiger partial charge in [-0.05, 0) is 17.9 Å². The number of carboxylic acid groups (broad SMARTS) is 1. The number of ether oxygens (including phenoxy) is 1. The fourth-order valence-corrected chi connectivity index (χ4v) is 2.13. The molecule has 2 rings (SSSR count). The van der Waals surface area contributed by atoms with E-state index in [1.54, 1.807) is 0 Å². The second kappa shape index (κ2) is 8.02. The van der Waals surface area contributed by atoms with Crippen molar-refractivity contribution in [2.45, 2.75) is 19.3 Å². The van der Waals surface area contributed by atoms with E-state index in [1.807, 2.05) is 42.5 Å². The molecule has 0 aliphatic heterocycles. The van der Waals surface area contributed by atoms with Gasteiger partial charge in [-0.3, -0.25) is 9.59 Å². The minimum absolute atomic E-state index is 0.0573. The molecule has 5 heteroatoms. The van der Waals surface area contributed by atoms with Crippen molar-refractivity contribution in [2.24, 2.45) is 0 Å². The first-order valence-corrected chi connectivity index (χ1v) is 7.26. The number of carbonyl (C=O) groups is 2. The summed E-state index contributed by atoms with van der Waals surface area (Å²) in [7, 11) is 0. The second-order valence-electron chi connectivity index (χ2n) is 4.92. The number of aliphatic carboxylic acids is 1. The molecule has 0 unspecified atom stereocenters. The molecular formula is C17H19NO4. The minimum atomic E-state index is -0.917. The molecule has 0 heterocycles. The largest absolute Gasteiger partial charge is 0.493 e. The van der Waals surface area contributed by atoms with Gasteiger partial charge in [-0.1, -0.05) is 36.4 Å². The van der Waals surface area contributed by atoms with Crippen LogP contribution in [0.2, 0.25) is 0 Å². The monoisotopic (exact) mass is 301 g/mol. The van der Waals surface area contributed by atoms with Crippen molar-refractivity contribution in [1.29, 1.82) is 0 Å². The average molecular weight is 301 g/mol. The third-order valence-corrected chi connectivity index (χ3v) is 3.22. The molecule has 5 nitrogen and oxygen atoms in total. The predicted octanol–water partition coefficient (Wildman–Crippen LogP) is 2.59. The van der Waals surface area contributed by atoms with Crippen LogP contribution < -0.4 is 10.1 Å². The summed E-state index contributed by atoms with van der Waals surface area (Å²) in [6.45, 7) is 0.610. The summed E-state index contributed by atoms with van der Waals surface area (Å²) in [5, 5.41) is 13.2. The zero-order valence-electron chi connectivity index (χ0n) is 12.2. The maximum absolute atomic E-state index is 11.5. The highest BCUT2D eigenvalue weighted by Gasteiger charge is 2.04. The number of benzene rings is 2. The lowest BCUT2D eigenvalue weighted by molar-refractivity contribution is -0.136. The standard InChI is InChI=1S/C17H19NO4/c19-16(18-11-10-17(20)21)9-4-12-22-15-8-3-6-13-5-1-2-7-14(13)15/h1-3,5-8H,4,9-12H2,(H,18,19)(H,20,21). The van der Waals surface area contributed by atoms with Gasteiger partial charge in [0.1, 0.15) is 5.75 Å². The van der Waals surface area contributed by atoms with E-state index < -0.39 is 5.97 Å². The molecular weight excluding hydrogens is 282 g/mol. The zero-order chi connectivity index (χ0) is 15.8. The molecule has 22 heavy (non-hydrogen) atoms. The van der Waals surface area contributed by atoms with E-state index in [0.717, 1.165) is 16.5 Å². The molecule has 2 aromatic rings. The van der Waals surface area contributed by atoms with Crippen molar-refractivity contribution in [2.75, 3.05) is 13.2 Å².